The van der Waals surface area contributed by atoms with Crippen molar-refractivity contribution in [3.63, 3.8) is 0 Å². The van der Waals surface area contributed by atoms with E-state index in [4.69, 9.17) is 17.3 Å². The highest BCUT2D eigenvalue weighted by atomic mass is 32.1. The number of nitrogens with zero attached hydrogens (tertiary/aromatic N) is 4. The maximum Gasteiger partial charge on any atom is 0.416 e. The Labute approximate surface area is 155 Å². The summed E-state index contributed by atoms with van der Waals surface area (Å²) < 4.78 is 42.8. The molecular formula is C18H21F3N4S. The Hall–Kier alpha value is -1.67. The highest BCUT2D eigenvalue weighted by Gasteiger charge is 2.35. The Morgan fingerprint density at radius 1 is 1.15 bits per heavy atom. The van der Waals surface area contributed by atoms with Crippen LogP contribution in [0.5, 0.6) is 0 Å². The molecule has 1 aromatic carbocycles. The first-order chi connectivity index (χ1) is 12.3. The number of rotatable bonds is 6. The van der Waals surface area contributed by atoms with Crippen molar-refractivity contribution in [2.24, 2.45) is 0 Å². The fourth-order valence-corrected chi connectivity index (χ4v) is 3.56. The fourth-order valence-electron chi connectivity index (χ4n) is 3.21. The number of halogens is 3. The third kappa shape index (κ3) is 3.71. The molecular weight excluding hydrogens is 361 g/mol. The Balaban J connectivity index is 1.46. The summed E-state index contributed by atoms with van der Waals surface area (Å²) in [4.78, 5) is 2.01. The predicted octanol–water partition coefficient (Wildman–Crippen LogP) is 4.73. The van der Waals surface area contributed by atoms with Crippen LogP contribution in [0.4, 0.5) is 13.2 Å². The van der Waals surface area contributed by atoms with Crippen LogP contribution in [0.15, 0.2) is 24.3 Å². The summed E-state index contributed by atoms with van der Waals surface area (Å²) in [7, 11) is 1.92. The number of alkyl halides is 3. The summed E-state index contributed by atoms with van der Waals surface area (Å²) in [6.45, 7) is 1.06. The average molecular weight is 382 g/mol. The van der Waals surface area contributed by atoms with Crippen LogP contribution in [0.1, 0.15) is 54.6 Å². The smallest absolute Gasteiger partial charge is 0.301 e. The Morgan fingerprint density at radius 2 is 1.81 bits per heavy atom. The van der Waals surface area contributed by atoms with Gasteiger partial charge in [-0.3, -0.25) is 4.90 Å². The van der Waals surface area contributed by atoms with Gasteiger partial charge < -0.3 is 4.57 Å². The van der Waals surface area contributed by atoms with Crippen LogP contribution in [-0.4, -0.2) is 26.3 Å². The zero-order chi connectivity index (χ0) is 18.5. The van der Waals surface area contributed by atoms with Crippen molar-refractivity contribution in [1.82, 2.24) is 19.2 Å². The molecule has 4 rings (SSSR count). The second-order valence-electron chi connectivity index (χ2n) is 7.37. The topological polar surface area (TPSA) is 26.0 Å². The molecule has 2 aliphatic rings. The summed E-state index contributed by atoms with van der Waals surface area (Å²) in [6.07, 6.45) is 0.397. The molecule has 0 atom stereocenters. The van der Waals surface area contributed by atoms with Crippen LogP contribution in [0.2, 0.25) is 0 Å². The van der Waals surface area contributed by atoms with Gasteiger partial charge in [-0.2, -0.15) is 18.3 Å². The number of benzene rings is 1. The van der Waals surface area contributed by atoms with Crippen LogP contribution in [0.3, 0.4) is 0 Å². The van der Waals surface area contributed by atoms with E-state index in [1.165, 1.54) is 37.8 Å². The van der Waals surface area contributed by atoms with Gasteiger partial charge in [0.1, 0.15) is 5.82 Å². The van der Waals surface area contributed by atoms with Crippen molar-refractivity contribution >= 4 is 12.2 Å². The SMILES string of the molecule is CN(Cc1ccc(C(F)(F)F)cc1)Cn1nc(C2CC2)n(C2CC2)c1=S. The minimum Gasteiger partial charge on any atom is -0.301 e. The van der Waals surface area contributed by atoms with Gasteiger partial charge in [-0.05, 0) is 62.6 Å². The van der Waals surface area contributed by atoms with Gasteiger partial charge in [0.05, 0.1) is 12.2 Å². The van der Waals surface area contributed by atoms with Crippen molar-refractivity contribution in [1.29, 1.82) is 0 Å². The molecule has 0 amide bonds. The van der Waals surface area contributed by atoms with Gasteiger partial charge >= 0.3 is 6.18 Å². The summed E-state index contributed by atoms with van der Waals surface area (Å²) >= 11 is 5.63. The third-order valence-corrected chi connectivity index (χ3v) is 5.27. The molecule has 0 aliphatic heterocycles. The molecule has 2 fully saturated rings. The first-order valence-corrected chi connectivity index (χ1v) is 9.27. The van der Waals surface area contributed by atoms with E-state index in [9.17, 15) is 13.2 Å². The molecule has 2 aliphatic carbocycles. The summed E-state index contributed by atoms with van der Waals surface area (Å²) in [6, 6.07) is 5.81. The molecule has 140 valence electrons. The highest BCUT2D eigenvalue weighted by Crippen LogP contribution is 2.44. The number of aromatic nitrogens is 3. The van der Waals surface area contributed by atoms with Crippen molar-refractivity contribution in [3.8, 4) is 0 Å². The van der Waals surface area contributed by atoms with Gasteiger partial charge in [-0.15, -0.1) is 0 Å². The number of hydrogen-bond acceptors (Lipinski definition) is 3. The van der Waals surface area contributed by atoms with Gasteiger partial charge in [0, 0.05) is 18.5 Å². The van der Waals surface area contributed by atoms with E-state index in [1.807, 2.05) is 16.6 Å². The van der Waals surface area contributed by atoms with E-state index in [-0.39, 0.29) is 0 Å². The molecule has 2 saturated carbocycles. The van der Waals surface area contributed by atoms with E-state index in [0.29, 0.717) is 25.2 Å². The molecule has 26 heavy (non-hydrogen) atoms. The van der Waals surface area contributed by atoms with Crippen molar-refractivity contribution in [3.05, 3.63) is 46.0 Å². The lowest BCUT2D eigenvalue weighted by atomic mass is 10.1. The molecule has 1 heterocycles. The standard InChI is InChI=1S/C18H21F3N4S/c1-23(10-12-2-6-14(7-3-12)18(19,20)21)11-24-17(26)25(15-8-9-15)16(22-24)13-4-5-13/h2-3,6-7,13,15H,4-5,8-11H2,1H3. The maximum absolute atomic E-state index is 12.7. The minimum absolute atomic E-state index is 0.507. The van der Waals surface area contributed by atoms with Crippen molar-refractivity contribution in [2.45, 2.75) is 57.0 Å². The largest absolute Gasteiger partial charge is 0.416 e. The quantitative estimate of drug-likeness (QED) is 0.676. The zero-order valence-electron chi connectivity index (χ0n) is 14.5. The molecule has 0 N–H and O–H groups in total. The van der Waals surface area contributed by atoms with E-state index in [2.05, 4.69) is 4.57 Å². The average Bonchev–Trinajstić information content (AvgIpc) is 3.47. The first kappa shape index (κ1) is 17.7. The van der Waals surface area contributed by atoms with E-state index < -0.39 is 11.7 Å². The summed E-state index contributed by atoms with van der Waals surface area (Å²) in [5, 5.41) is 4.75. The Bertz CT molecular complexity index is 845. The van der Waals surface area contributed by atoms with Crippen LogP contribution in [-0.2, 0) is 19.4 Å². The molecule has 0 bridgehead atoms. The highest BCUT2D eigenvalue weighted by molar-refractivity contribution is 7.71. The monoisotopic (exact) mass is 382 g/mol. The molecule has 0 spiro atoms. The van der Waals surface area contributed by atoms with Gasteiger partial charge in [-0.25, -0.2) is 4.68 Å². The predicted molar refractivity (Wildman–Crippen MR) is 94.2 cm³/mol. The maximum atomic E-state index is 12.7. The van der Waals surface area contributed by atoms with Crippen LogP contribution in [0.25, 0.3) is 0 Å². The van der Waals surface area contributed by atoms with E-state index >= 15 is 0 Å². The second kappa shape index (κ2) is 6.49. The van der Waals surface area contributed by atoms with Crippen LogP contribution < -0.4 is 0 Å². The van der Waals surface area contributed by atoms with Crippen LogP contribution >= 0.6 is 12.2 Å². The van der Waals surface area contributed by atoms with E-state index in [1.54, 1.807) is 0 Å². The second-order valence-corrected chi connectivity index (χ2v) is 7.73. The third-order valence-electron chi connectivity index (χ3n) is 4.86. The minimum atomic E-state index is -4.30. The number of hydrogen-bond donors (Lipinski definition) is 0. The molecule has 4 nitrogen and oxygen atoms in total. The molecule has 0 saturated heterocycles. The van der Waals surface area contributed by atoms with Gasteiger partial charge in [0.15, 0.2) is 4.77 Å². The zero-order valence-corrected chi connectivity index (χ0v) is 15.4. The Morgan fingerprint density at radius 3 is 2.35 bits per heavy atom. The van der Waals surface area contributed by atoms with Gasteiger partial charge in [-0.1, -0.05) is 12.1 Å². The molecule has 0 unspecified atom stereocenters. The van der Waals surface area contributed by atoms with Gasteiger partial charge in [0.25, 0.3) is 0 Å². The van der Waals surface area contributed by atoms with Crippen LogP contribution in [0, 0.1) is 4.77 Å². The lowest BCUT2D eigenvalue weighted by Crippen LogP contribution is -2.22. The van der Waals surface area contributed by atoms with Crippen molar-refractivity contribution < 1.29 is 13.2 Å². The van der Waals surface area contributed by atoms with E-state index in [0.717, 1.165) is 28.3 Å². The first-order valence-electron chi connectivity index (χ1n) is 8.87. The lowest BCUT2D eigenvalue weighted by Gasteiger charge is -2.17. The van der Waals surface area contributed by atoms with Crippen molar-refractivity contribution in [2.75, 3.05) is 7.05 Å². The molecule has 8 heteroatoms. The van der Waals surface area contributed by atoms with Gasteiger partial charge in [0.2, 0.25) is 0 Å². The summed E-state index contributed by atoms with van der Waals surface area (Å²) in [5.74, 6) is 1.65. The molecule has 2 aromatic rings. The molecule has 1 aromatic heterocycles. The Kier molecular flexibility index (Phi) is 4.43. The molecule has 0 radical (unpaired) electrons. The normalized spacial score (nSPS) is 17.9. The fraction of sp³-hybridized carbons (Fsp3) is 0.556. The summed E-state index contributed by atoms with van der Waals surface area (Å²) in [5.41, 5.74) is 0.208. The lowest BCUT2D eigenvalue weighted by molar-refractivity contribution is -0.137.